The number of hydrogen-bond acceptors (Lipinski definition) is 4. The Kier molecular flexibility index (Phi) is 3.63. The first-order chi connectivity index (χ1) is 9.86. The van der Waals surface area contributed by atoms with Crippen molar-refractivity contribution in [2.45, 2.75) is 19.3 Å². The summed E-state index contributed by atoms with van der Waals surface area (Å²) in [5.41, 5.74) is 4.16. The van der Waals surface area contributed by atoms with Gasteiger partial charge in [-0.2, -0.15) is 0 Å². The lowest BCUT2D eigenvalue weighted by molar-refractivity contribution is 0.318. The van der Waals surface area contributed by atoms with Crippen LogP contribution in [0.1, 0.15) is 23.1 Å². The second-order valence-electron chi connectivity index (χ2n) is 4.83. The smallest absolute Gasteiger partial charge is 0.119 e. The molecule has 0 spiro atoms. The van der Waals surface area contributed by atoms with Gasteiger partial charge in [0.05, 0.1) is 12.3 Å². The van der Waals surface area contributed by atoms with E-state index >= 15 is 0 Å². The summed E-state index contributed by atoms with van der Waals surface area (Å²) in [6.45, 7) is 0.630. The van der Waals surface area contributed by atoms with E-state index in [0.717, 1.165) is 36.3 Å². The molecular formula is C16H16N2O2. The summed E-state index contributed by atoms with van der Waals surface area (Å²) >= 11 is 0. The molecule has 1 aromatic heterocycles. The zero-order valence-corrected chi connectivity index (χ0v) is 11.1. The third kappa shape index (κ3) is 2.64. The van der Waals surface area contributed by atoms with Crippen LogP contribution in [0.5, 0.6) is 5.75 Å². The molecular weight excluding hydrogens is 252 g/mol. The molecule has 0 unspecified atom stereocenters. The highest BCUT2D eigenvalue weighted by atomic mass is 16.5. The molecule has 0 saturated carbocycles. The number of aromatic nitrogens is 1. The topological polar surface area (TPSA) is 54.7 Å². The van der Waals surface area contributed by atoms with Crippen molar-refractivity contribution in [3.05, 3.63) is 59.4 Å². The van der Waals surface area contributed by atoms with E-state index in [1.807, 2.05) is 36.5 Å². The van der Waals surface area contributed by atoms with Gasteiger partial charge in [0, 0.05) is 24.4 Å². The largest absolute Gasteiger partial charge is 0.493 e. The highest BCUT2D eigenvalue weighted by Gasteiger charge is 2.18. The van der Waals surface area contributed by atoms with Crippen LogP contribution in [-0.2, 0) is 12.8 Å². The highest BCUT2D eigenvalue weighted by molar-refractivity contribution is 6.04. The predicted molar refractivity (Wildman–Crippen MR) is 76.5 cm³/mol. The van der Waals surface area contributed by atoms with Gasteiger partial charge in [0.15, 0.2) is 0 Å². The molecule has 20 heavy (non-hydrogen) atoms. The van der Waals surface area contributed by atoms with Crippen molar-refractivity contribution < 1.29 is 9.94 Å². The van der Waals surface area contributed by atoms with Gasteiger partial charge in [-0.3, -0.25) is 4.98 Å². The third-order valence-corrected chi connectivity index (χ3v) is 3.52. The molecule has 1 N–H and O–H groups in total. The van der Waals surface area contributed by atoms with E-state index in [4.69, 9.17) is 9.94 Å². The SMILES string of the molecule is O/N=C1/CCc2cc(OCCc3cccnc3)ccc21. The van der Waals surface area contributed by atoms with Crippen LogP contribution >= 0.6 is 0 Å². The highest BCUT2D eigenvalue weighted by Crippen LogP contribution is 2.26. The van der Waals surface area contributed by atoms with Crippen LogP contribution in [0.15, 0.2) is 47.9 Å². The molecule has 4 heteroatoms. The number of nitrogens with zero attached hydrogens (tertiary/aromatic N) is 2. The summed E-state index contributed by atoms with van der Waals surface area (Å²) in [7, 11) is 0. The zero-order chi connectivity index (χ0) is 13.8. The fraction of sp³-hybridized carbons (Fsp3) is 0.250. The Bertz CT molecular complexity index is 624. The van der Waals surface area contributed by atoms with Gasteiger partial charge < -0.3 is 9.94 Å². The molecule has 2 aromatic rings. The average Bonchev–Trinajstić information content (AvgIpc) is 2.90. The maximum absolute atomic E-state index is 8.90. The van der Waals surface area contributed by atoms with Gasteiger partial charge in [0.2, 0.25) is 0 Å². The number of aryl methyl sites for hydroxylation is 1. The van der Waals surface area contributed by atoms with Crippen LogP contribution in [0.2, 0.25) is 0 Å². The summed E-state index contributed by atoms with van der Waals surface area (Å²) in [4.78, 5) is 4.08. The number of fused-ring (bicyclic) bond motifs is 1. The first-order valence-electron chi connectivity index (χ1n) is 6.73. The minimum atomic E-state index is 0.630. The number of pyridine rings is 1. The van der Waals surface area contributed by atoms with Crippen LogP contribution in [0.4, 0.5) is 0 Å². The van der Waals surface area contributed by atoms with Gasteiger partial charge >= 0.3 is 0 Å². The number of hydrogen-bond donors (Lipinski definition) is 1. The van der Waals surface area contributed by atoms with E-state index in [0.29, 0.717) is 6.61 Å². The Labute approximate surface area is 117 Å². The van der Waals surface area contributed by atoms with E-state index in [-0.39, 0.29) is 0 Å². The van der Waals surface area contributed by atoms with Gasteiger partial charge in [-0.05, 0) is 48.2 Å². The molecule has 0 aliphatic heterocycles. The van der Waals surface area contributed by atoms with E-state index in [1.165, 1.54) is 11.1 Å². The quantitative estimate of drug-likeness (QED) is 0.685. The van der Waals surface area contributed by atoms with E-state index < -0.39 is 0 Å². The molecule has 0 saturated heterocycles. The van der Waals surface area contributed by atoms with E-state index in [2.05, 4.69) is 10.1 Å². The van der Waals surface area contributed by atoms with Crippen molar-refractivity contribution in [3.63, 3.8) is 0 Å². The third-order valence-electron chi connectivity index (χ3n) is 3.52. The Hall–Kier alpha value is -2.36. The number of benzene rings is 1. The molecule has 1 aromatic carbocycles. The van der Waals surface area contributed by atoms with Crippen molar-refractivity contribution in [2.75, 3.05) is 6.61 Å². The van der Waals surface area contributed by atoms with E-state index in [1.54, 1.807) is 6.20 Å². The van der Waals surface area contributed by atoms with Gasteiger partial charge in [0.25, 0.3) is 0 Å². The molecule has 0 bridgehead atoms. The molecule has 0 radical (unpaired) electrons. The van der Waals surface area contributed by atoms with Crippen molar-refractivity contribution in [3.8, 4) is 5.75 Å². The number of oxime groups is 1. The molecule has 1 heterocycles. The van der Waals surface area contributed by atoms with E-state index in [9.17, 15) is 0 Å². The summed E-state index contributed by atoms with van der Waals surface area (Å²) < 4.78 is 5.77. The van der Waals surface area contributed by atoms with Crippen LogP contribution < -0.4 is 4.74 Å². The lowest BCUT2D eigenvalue weighted by Gasteiger charge is -2.08. The summed E-state index contributed by atoms with van der Waals surface area (Å²) in [6, 6.07) is 9.91. The summed E-state index contributed by atoms with van der Waals surface area (Å²) in [5.74, 6) is 0.867. The normalized spacial score (nSPS) is 15.3. The molecule has 102 valence electrons. The minimum absolute atomic E-state index is 0.630. The lowest BCUT2D eigenvalue weighted by Crippen LogP contribution is -2.02. The fourth-order valence-electron chi connectivity index (χ4n) is 2.47. The molecule has 0 atom stereocenters. The second-order valence-corrected chi connectivity index (χ2v) is 4.83. The van der Waals surface area contributed by atoms with Crippen LogP contribution in [-0.4, -0.2) is 22.5 Å². The zero-order valence-electron chi connectivity index (χ0n) is 11.1. The maximum atomic E-state index is 8.90. The monoisotopic (exact) mass is 268 g/mol. The molecule has 1 aliphatic carbocycles. The molecule has 1 aliphatic rings. The van der Waals surface area contributed by atoms with Gasteiger partial charge in [-0.25, -0.2) is 0 Å². The van der Waals surface area contributed by atoms with Gasteiger partial charge in [-0.1, -0.05) is 11.2 Å². The number of ether oxygens (including phenoxy) is 1. The Morgan fingerprint density at radius 3 is 3.00 bits per heavy atom. The van der Waals surface area contributed by atoms with Crippen molar-refractivity contribution in [1.82, 2.24) is 4.98 Å². The van der Waals surface area contributed by atoms with Gasteiger partial charge in [0.1, 0.15) is 5.75 Å². The maximum Gasteiger partial charge on any atom is 0.119 e. The first kappa shape index (κ1) is 12.7. The molecule has 3 rings (SSSR count). The van der Waals surface area contributed by atoms with Gasteiger partial charge in [-0.15, -0.1) is 0 Å². The number of rotatable bonds is 4. The summed E-state index contributed by atoms with van der Waals surface area (Å²) in [6.07, 6.45) is 6.18. The Morgan fingerprint density at radius 1 is 1.25 bits per heavy atom. The van der Waals surface area contributed by atoms with Crippen LogP contribution in [0.25, 0.3) is 0 Å². The molecule has 0 amide bonds. The predicted octanol–water partition coefficient (Wildman–Crippen LogP) is 2.83. The van der Waals surface area contributed by atoms with Crippen molar-refractivity contribution in [1.29, 1.82) is 0 Å². The summed E-state index contributed by atoms with van der Waals surface area (Å²) in [5, 5.41) is 12.2. The van der Waals surface area contributed by atoms with Crippen LogP contribution in [0, 0.1) is 0 Å². The van der Waals surface area contributed by atoms with Crippen molar-refractivity contribution >= 4 is 5.71 Å². The Balaban J connectivity index is 1.62. The molecule has 0 fully saturated rings. The van der Waals surface area contributed by atoms with Crippen molar-refractivity contribution in [2.24, 2.45) is 5.16 Å². The lowest BCUT2D eigenvalue weighted by atomic mass is 10.1. The minimum Gasteiger partial charge on any atom is -0.493 e. The average molecular weight is 268 g/mol. The fourth-order valence-corrected chi connectivity index (χ4v) is 2.47. The first-order valence-corrected chi connectivity index (χ1v) is 6.73. The Morgan fingerprint density at radius 2 is 2.20 bits per heavy atom. The standard InChI is InChI=1S/C16H16N2O2/c19-18-16-6-3-13-10-14(4-5-15(13)16)20-9-7-12-2-1-8-17-11-12/h1-2,4-5,8,10-11,19H,3,6-7,9H2/b18-16-. The van der Waals surface area contributed by atoms with Crippen LogP contribution in [0.3, 0.4) is 0 Å². The molecule has 4 nitrogen and oxygen atoms in total. The second kappa shape index (κ2) is 5.74.